The maximum absolute atomic E-state index is 11.1. The second-order valence-corrected chi connectivity index (χ2v) is 3.51. The van der Waals surface area contributed by atoms with E-state index in [1.807, 2.05) is 6.07 Å². The Morgan fingerprint density at radius 1 is 1.57 bits per heavy atom. The number of carbonyl (C=O) groups is 2. The number of Topliss-reactive ketones (excluding diaryl/α,β-unsaturated/α-hetero) is 1. The van der Waals surface area contributed by atoms with Crippen molar-refractivity contribution < 1.29 is 9.59 Å². The fourth-order valence-electron chi connectivity index (χ4n) is 1.02. The summed E-state index contributed by atoms with van der Waals surface area (Å²) in [6, 6.07) is 4.82. The fourth-order valence-corrected chi connectivity index (χ4v) is 1.43. The topological polar surface area (TPSA) is 57.9 Å². The standard InChI is InChI=1S/C10H6BrNO2/c1-6(14)7-2-8(4-12)10(11)9(3-7)5-13/h2-3,5H,1H3. The van der Waals surface area contributed by atoms with Crippen LogP contribution in [0.5, 0.6) is 0 Å². The highest BCUT2D eigenvalue weighted by molar-refractivity contribution is 9.10. The van der Waals surface area contributed by atoms with Gasteiger partial charge >= 0.3 is 0 Å². The predicted octanol–water partition coefficient (Wildman–Crippen LogP) is 2.34. The van der Waals surface area contributed by atoms with E-state index in [2.05, 4.69) is 15.9 Å². The van der Waals surface area contributed by atoms with Gasteiger partial charge in [0.25, 0.3) is 0 Å². The van der Waals surface area contributed by atoms with Gasteiger partial charge in [-0.25, -0.2) is 0 Å². The van der Waals surface area contributed by atoms with Gasteiger partial charge in [0.15, 0.2) is 12.1 Å². The summed E-state index contributed by atoms with van der Waals surface area (Å²) in [6.45, 7) is 1.39. The third-order valence-electron chi connectivity index (χ3n) is 1.75. The number of aldehydes is 1. The summed E-state index contributed by atoms with van der Waals surface area (Å²) in [7, 11) is 0. The number of rotatable bonds is 2. The summed E-state index contributed by atoms with van der Waals surface area (Å²) in [4.78, 5) is 21.7. The lowest BCUT2D eigenvalue weighted by molar-refractivity contribution is 0.101. The smallest absolute Gasteiger partial charge is 0.159 e. The van der Waals surface area contributed by atoms with Gasteiger partial charge in [-0.2, -0.15) is 5.26 Å². The molecule has 0 aliphatic heterocycles. The van der Waals surface area contributed by atoms with E-state index in [0.717, 1.165) is 0 Å². The van der Waals surface area contributed by atoms with Gasteiger partial charge < -0.3 is 0 Å². The van der Waals surface area contributed by atoms with E-state index in [4.69, 9.17) is 5.26 Å². The average Bonchev–Trinajstić information content (AvgIpc) is 2.17. The molecule has 0 saturated carbocycles. The van der Waals surface area contributed by atoms with E-state index in [-0.39, 0.29) is 5.78 Å². The summed E-state index contributed by atoms with van der Waals surface area (Å²) >= 11 is 3.12. The lowest BCUT2D eigenvalue weighted by atomic mass is 10.0. The Balaban J connectivity index is 3.49. The van der Waals surface area contributed by atoms with Gasteiger partial charge in [0.2, 0.25) is 0 Å². The molecule has 0 atom stereocenters. The minimum atomic E-state index is -0.169. The molecule has 70 valence electrons. The van der Waals surface area contributed by atoms with Crippen LogP contribution < -0.4 is 0 Å². The molecule has 0 saturated heterocycles. The molecule has 0 aliphatic carbocycles. The predicted molar refractivity (Wildman–Crippen MR) is 54.2 cm³/mol. The monoisotopic (exact) mass is 251 g/mol. The van der Waals surface area contributed by atoms with Gasteiger partial charge in [-0.3, -0.25) is 9.59 Å². The van der Waals surface area contributed by atoms with Crippen LogP contribution in [0.2, 0.25) is 0 Å². The first kappa shape index (κ1) is 10.6. The number of hydrogen-bond donors (Lipinski definition) is 0. The number of nitriles is 1. The van der Waals surface area contributed by atoms with Crippen molar-refractivity contribution in [3.63, 3.8) is 0 Å². The first-order valence-electron chi connectivity index (χ1n) is 3.80. The largest absolute Gasteiger partial charge is 0.298 e. The van der Waals surface area contributed by atoms with Crippen LogP contribution in [0.1, 0.15) is 33.2 Å². The number of halogens is 1. The van der Waals surface area contributed by atoms with Gasteiger partial charge in [-0.1, -0.05) is 0 Å². The van der Waals surface area contributed by atoms with Gasteiger partial charge in [-0.05, 0) is 35.0 Å². The molecule has 0 spiro atoms. The van der Waals surface area contributed by atoms with Gasteiger partial charge in [0.1, 0.15) is 6.07 Å². The molecule has 1 aromatic carbocycles. The molecule has 14 heavy (non-hydrogen) atoms. The Morgan fingerprint density at radius 3 is 2.64 bits per heavy atom. The first-order valence-corrected chi connectivity index (χ1v) is 4.59. The molecule has 0 amide bonds. The molecule has 3 nitrogen and oxygen atoms in total. The highest BCUT2D eigenvalue weighted by Gasteiger charge is 2.09. The molecule has 0 fully saturated rings. The van der Waals surface area contributed by atoms with E-state index in [1.54, 1.807) is 0 Å². The average molecular weight is 252 g/mol. The lowest BCUT2D eigenvalue weighted by Gasteiger charge is -2.02. The van der Waals surface area contributed by atoms with Crippen molar-refractivity contribution in [1.29, 1.82) is 5.26 Å². The number of carbonyl (C=O) groups excluding carboxylic acids is 2. The number of ketones is 1. The number of nitrogens with zero attached hydrogens (tertiary/aromatic N) is 1. The molecular weight excluding hydrogens is 246 g/mol. The van der Waals surface area contributed by atoms with Gasteiger partial charge in [0.05, 0.1) is 5.56 Å². The molecule has 0 aliphatic rings. The molecule has 1 aromatic rings. The molecule has 0 aromatic heterocycles. The third kappa shape index (κ3) is 1.88. The zero-order chi connectivity index (χ0) is 10.7. The van der Waals surface area contributed by atoms with E-state index in [1.165, 1.54) is 19.1 Å². The van der Waals surface area contributed by atoms with E-state index < -0.39 is 0 Å². The maximum atomic E-state index is 11.1. The highest BCUT2D eigenvalue weighted by atomic mass is 79.9. The molecule has 0 N–H and O–H groups in total. The van der Waals surface area contributed by atoms with Gasteiger partial charge in [0, 0.05) is 15.6 Å². The van der Waals surface area contributed by atoms with Crippen molar-refractivity contribution in [2.75, 3.05) is 0 Å². The second-order valence-electron chi connectivity index (χ2n) is 2.71. The minimum absolute atomic E-state index is 0.169. The Bertz CT molecular complexity index is 446. The van der Waals surface area contributed by atoms with Crippen LogP contribution in [0.15, 0.2) is 16.6 Å². The Morgan fingerprint density at radius 2 is 2.21 bits per heavy atom. The van der Waals surface area contributed by atoms with Crippen LogP contribution in [0.4, 0.5) is 0 Å². The lowest BCUT2D eigenvalue weighted by Crippen LogP contribution is -1.97. The molecule has 0 unspecified atom stereocenters. The third-order valence-corrected chi connectivity index (χ3v) is 2.64. The first-order chi connectivity index (χ1) is 6.60. The van der Waals surface area contributed by atoms with Crippen molar-refractivity contribution in [2.45, 2.75) is 6.92 Å². The quantitative estimate of drug-likeness (QED) is 0.599. The summed E-state index contributed by atoms with van der Waals surface area (Å²) in [5.74, 6) is -0.169. The summed E-state index contributed by atoms with van der Waals surface area (Å²) in [5, 5.41) is 8.74. The SMILES string of the molecule is CC(=O)c1cc(C#N)c(Br)c(C=O)c1. The van der Waals surface area contributed by atoms with Crippen LogP contribution >= 0.6 is 15.9 Å². The molecule has 1 rings (SSSR count). The van der Waals surface area contributed by atoms with E-state index in [9.17, 15) is 9.59 Å². The van der Waals surface area contributed by atoms with Crippen LogP contribution in [0.3, 0.4) is 0 Å². The van der Waals surface area contributed by atoms with Crippen molar-refractivity contribution >= 4 is 28.0 Å². The normalized spacial score (nSPS) is 9.21. The summed E-state index contributed by atoms with van der Waals surface area (Å²) in [6.07, 6.45) is 0.608. The van der Waals surface area contributed by atoms with Crippen molar-refractivity contribution in [1.82, 2.24) is 0 Å². The van der Waals surface area contributed by atoms with Crippen molar-refractivity contribution in [2.24, 2.45) is 0 Å². The Hall–Kier alpha value is -1.47. The Kier molecular flexibility index (Phi) is 3.15. The zero-order valence-corrected chi connectivity index (χ0v) is 8.96. The zero-order valence-electron chi connectivity index (χ0n) is 7.37. The Labute approximate surface area is 89.5 Å². The minimum Gasteiger partial charge on any atom is -0.298 e. The van der Waals surface area contributed by atoms with Crippen LogP contribution in [0.25, 0.3) is 0 Å². The summed E-state index contributed by atoms with van der Waals surface area (Å²) in [5.41, 5.74) is 0.973. The number of hydrogen-bond acceptors (Lipinski definition) is 3. The van der Waals surface area contributed by atoms with Crippen molar-refractivity contribution in [3.8, 4) is 6.07 Å². The van der Waals surface area contributed by atoms with Gasteiger partial charge in [-0.15, -0.1) is 0 Å². The van der Waals surface area contributed by atoms with Crippen LogP contribution in [0, 0.1) is 11.3 Å². The number of benzene rings is 1. The highest BCUT2D eigenvalue weighted by Crippen LogP contribution is 2.22. The molecule has 0 bridgehead atoms. The molecule has 0 heterocycles. The molecular formula is C10H6BrNO2. The fraction of sp³-hybridized carbons (Fsp3) is 0.100. The summed E-state index contributed by atoms with van der Waals surface area (Å²) < 4.78 is 0.431. The van der Waals surface area contributed by atoms with Crippen LogP contribution in [-0.4, -0.2) is 12.1 Å². The molecule has 0 radical (unpaired) electrons. The molecule has 4 heteroatoms. The second kappa shape index (κ2) is 4.16. The van der Waals surface area contributed by atoms with Crippen molar-refractivity contribution in [3.05, 3.63) is 33.3 Å². The van der Waals surface area contributed by atoms with E-state index >= 15 is 0 Å². The maximum Gasteiger partial charge on any atom is 0.159 e. The van der Waals surface area contributed by atoms with Crippen LogP contribution in [-0.2, 0) is 0 Å². The van der Waals surface area contributed by atoms with E-state index in [0.29, 0.717) is 27.4 Å².